The van der Waals surface area contributed by atoms with E-state index in [0.29, 0.717) is 6.42 Å². The average Bonchev–Trinajstić information content (AvgIpc) is 2.43. The summed E-state index contributed by atoms with van der Waals surface area (Å²) in [6.07, 6.45) is 1.52. The minimum absolute atomic E-state index is 0.0570. The first-order valence-corrected chi connectivity index (χ1v) is 10.2. The van der Waals surface area contributed by atoms with E-state index in [2.05, 4.69) is 20.8 Å². The lowest BCUT2D eigenvalue weighted by Gasteiger charge is -2.35. The van der Waals surface area contributed by atoms with Crippen LogP contribution in [0, 0.1) is 22.2 Å². The van der Waals surface area contributed by atoms with Crippen molar-refractivity contribution in [3.63, 3.8) is 0 Å². The third-order valence-corrected chi connectivity index (χ3v) is 4.87. The molecule has 4 heteroatoms. The molecular formula is C23H43NO3. The van der Waals surface area contributed by atoms with Gasteiger partial charge in [-0.05, 0) is 18.3 Å². The summed E-state index contributed by atoms with van der Waals surface area (Å²) < 4.78 is 0. The van der Waals surface area contributed by atoms with E-state index in [1.807, 2.05) is 60.3 Å². The molecule has 0 rings (SSSR count). The average molecular weight is 382 g/mol. The SMILES string of the molecule is CC(C)C(=O)C(CCC(C)(C)C)N(CC(=O)C(C)(C)C)CC(=O)C(C)(C)C. The molecule has 0 saturated heterocycles. The van der Waals surface area contributed by atoms with Gasteiger partial charge in [-0.3, -0.25) is 19.3 Å². The Morgan fingerprint density at radius 1 is 0.741 bits per heavy atom. The summed E-state index contributed by atoms with van der Waals surface area (Å²) in [6, 6.07) is -0.401. The minimum atomic E-state index is -0.502. The molecule has 0 aromatic heterocycles. The summed E-state index contributed by atoms with van der Waals surface area (Å²) in [5, 5.41) is 0. The van der Waals surface area contributed by atoms with Crippen LogP contribution in [0.3, 0.4) is 0 Å². The topological polar surface area (TPSA) is 54.5 Å². The molecule has 0 aliphatic heterocycles. The molecule has 0 aromatic carbocycles. The van der Waals surface area contributed by atoms with Crippen LogP contribution in [0.25, 0.3) is 0 Å². The Balaban J connectivity index is 5.82. The van der Waals surface area contributed by atoms with Crippen molar-refractivity contribution in [2.75, 3.05) is 13.1 Å². The first-order valence-electron chi connectivity index (χ1n) is 10.2. The van der Waals surface area contributed by atoms with Gasteiger partial charge in [0.05, 0.1) is 19.1 Å². The van der Waals surface area contributed by atoms with Crippen molar-refractivity contribution in [2.24, 2.45) is 22.2 Å². The number of Topliss-reactive ketones (excluding diaryl/α,β-unsaturated/α-hetero) is 3. The second kappa shape index (κ2) is 9.45. The van der Waals surface area contributed by atoms with Crippen LogP contribution in [0.5, 0.6) is 0 Å². The molecule has 0 fully saturated rings. The van der Waals surface area contributed by atoms with Crippen LogP contribution in [-0.4, -0.2) is 41.4 Å². The van der Waals surface area contributed by atoms with Gasteiger partial charge in [-0.15, -0.1) is 0 Å². The molecule has 0 N–H and O–H groups in total. The Hall–Kier alpha value is -1.03. The lowest BCUT2D eigenvalue weighted by molar-refractivity contribution is -0.135. The Morgan fingerprint density at radius 3 is 1.37 bits per heavy atom. The number of rotatable bonds is 9. The smallest absolute Gasteiger partial charge is 0.152 e. The Labute approximate surface area is 167 Å². The maximum Gasteiger partial charge on any atom is 0.152 e. The molecule has 0 radical (unpaired) electrons. The van der Waals surface area contributed by atoms with Crippen LogP contribution in [0.2, 0.25) is 0 Å². The van der Waals surface area contributed by atoms with E-state index in [-0.39, 0.29) is 41.8 Å². The molecule has 0 aromatic rings. The van der Waals surface area contributed by atoms with Crippen molar-refractivity contribution in [2.45, 2.75) is 95.0 Å². The van der Waals surface area contributed by atoms with Gasteiger partial charge in [-0.25, -0.2) is 0 Å². The molecule has 27 heavy (non-hydrogen) atoms. The van der Waals surface area contributed by atoms with Crippen LogP contribution < -0.4 is 0 Å². The number of nitrogens with zero attached hydrogens (tertiary/aromatic N) is 1. The van der Waals surface area contributed by atoms with Gasteiger partial charge in [0.2, 0.25) is 0 Å². The number of carbonyl (C=O) groups excluding carboxylic acids is 3. The molecule has 0 spiro atoms. The summed E-state index contributed by atoms with van der Waals surface area (Å²) in [7, 11) is 0. The monoisotopic (exact) mass is 381 g/mol. The second-order valence-electron chi connectivity index (χ2n) is 11.4. The maximum absolute atomic E-state index is 13.0. The van der Waals surface area contributed by atoms with Gasteiger partial charge in [0.25, 0.3) is 0 Å². The summed E-state index contributed by atoms with van der Waals surface area (Å²) in [5.41, 5.74) is -0.916. The normalized spacial score (nSPS) is 14.6. The summed E-state index contributed by atoms with van der Waals surface area (Å²) in [5.74, 6) is 0.0951. The fourth-order valence-electron chi connectivity index (χ4n) is 2.58. The van der Waals surface area contributed by atoms with Crippen molar-refractivity contribution in [1.82, 2.24) is 4.90 Å². The maximum atomic E-state index is 13.0. The zero-order valence-electron chi connectivity index (χ0n) is 19.7. The van der Waals surface area contributed by atoms with Gasteiger partial charge in [0, 0.05) is 16.7 Å². The van der Waals surface area contributed by atoms with Gasteiger partial charge < -0.3 is 0 Å². The highest BCUT2D eigenvalue weighted by molar-refractivity contribution is 5.91. The highest BCUT2D eigenvalue weighted by Gasteiger charge is 2.35. The van der Waals surface area contributed by atoms with Gasteiger partial charge in [-0.1, -0.05) is 76.2 Å². The van der Waals surface area contributed by atoms with Crippen LogP contribution in [0.1, 0.15) is 89.0 Å². The molecule has 1 atom stereocenters. The molecule has 1 unspecified atom stereocenters. The van der Waals surface area contributed by atoms with Crippen molar-refractivity contribution in [3.8, 4) is 0 Å². The quantitative estimate of drug-likeness (QED) is 0.568. The van der Waals surface area contributed by atoms with E-state index in [9.17, 15) is 14.4 Å². The minimum Gasteiger partial charge on any atom is -0.298 e. The predicted octanol–water partition coefficient (Wildman–Crippen LogP) is 4.94. The highest BCUT2D eigenvalue weighted by Crippen LogP contribution is 2.27. The largest absolute Gasteiger partial charge is 0.298 e. The summed E-state index contributed by atoms with van der Waals surface area (Å²) in [4.78, 5) is 40.3. The molecule has 0 heterocycles. The van der Waals surface area contributed by atoms with Crippen LogP contribution >= 0.6 is 0 Å². The van der Waals surface area contributed by atoms with E-state index < -0.39 is 16.9 Å². The third kappa shape index (κ3) is 9.64. The van der Waals surface area contributed by atoms with Crippen LogP contribution in [0.4, 0.5) is 0 Å². The molecule has 0 bridgehead atoms. The van der Waals surface area contributed by atoms with Crippen molar-refractivity contribution >= 4 is 17.3 Å². The molecule has 0 aliphatic rings. The highest BCUT2D eigenvalue weighted by atomic mass is 16.1. The number of hydrogen-bond acceptors (Lipinski definition) is 4. The number of ketones is 3. The van der Waals surface area contributed by atoms with Crippen molar-refractivity contribution in [3.05, 3.63) is 0 Å². The lowest BCUT2D eigenvalue weighted by atomic mass is 9.84. The second-order valence-corrected chi connectivity index (χ2v) is 11.4. The summed E-state index contributed by atoms with van der Waals surface area (Å²) in [6.45, 7) is 21.8. The Bertz CT molecular complexity index is 499. The van der Waals surface area contributed by atoms with Crippen molar-refractivity contribution in [1.29, 1.82) is 0 Å². The fraction of sp³-hybridized carbons (Fsp3) is 0.870. The van der Waals surface area contributed by atoms with Gasteiger partial charge in [0.15, 0.2) is 17.3 Å². The lowest BCUT2D eigenvalue weighted by Crippen LogP contribution is -2.50. The van der Waals surface area contributed by atoms with Crippen molar-refractivity contribution < 1.29 is 14.4 Å². The third-order valence-electron chi connectivity index (χ3n) is 4.87. The van der Waals surface area contributed by atoms with E-state index in [0.717, 1.165) is 6.42 Å². The first-order chi connectivity index (χ1) is 11.9. The molecule has 0 aliphatic carbocycles. The summed E-state index contributed by atoms with van der Waals surface area (Å²) >= 11 is 0. The Kier molecular flexibility index (Phi) is 9.09. The van der Waals surface area contributed by atoms with E-state index in [1.165, 1.54) is 0 Å². The molecule has 0 amide bonds. The van der Waals surface area contributed by atoms with E-state index in [4.69, 9.17) is 0 Å². The zero-order valence-corrected chi connectivity index (χ0v) is 19.7. The zero-order chi connectivity index (χ0) is 21.8. The molecular weight excluding hydrogens is 338 g/mol. The number of hydrogen-bond donors (Lipinski definition) is 0. The van der Waals surface area contributed by atoms with Gasteiger partial charge >= 0.3 is 0 Å². The molecule has 158 valence electrons. The molecule has 0 saturated carbocycles. The number of carbonyl (C=O) groups is 3. The first kappa shape index (κ1) is 26.0. The standard InChI is InChI=1S/C23H43NO3/c1-16(2)20(27)17(12-13-21(3,4)5)24(14-18(25)22(6,7)8)15-19(26)23(9,10)11/h16-17H,12-15H2,1-11H3. The van der Waals surface area contributed by atoms with Crippen LogP contribution in [-0.2, 0) is 14.4 Å². The van der Waals surface area contributed by atoms with Gasteiger partial charge in [-0.2, -0.15) is 0 Å². The van der Waals surface area contributed by atoms with E-state index in [1.54, 1.807) is 0 Å². The van der Waals surface area contributed by atoms with Crippen LogP contribution in [0.15, 0.2) is 0 Å². The van der Waals surface area contributed by atoms with E-state index >= 15 is 0 Å². The fourth-order valence-corrected chi connectivity index (χ4v) is 2.58. The Morgan fingerprint density at radius 2 is 1.11 bits per heavy atom. The van der Waals surface area contributed by atoms with Gasteiger partial charge in [0.1, 0.15) is 0 Å². The predicted molar refractivity (Wildman–Crippen MR) is 113 cm³/mol. The molecule has 4 nitrogen and oxygen atoms in total.